The van der Waals surface area contributed by atoms with Crippen molar-refractivity contribution < 1.29 is 9.21 Å². The second-order valence-electron chi connectivity index (χ2n) is 5.96. The van der Waals surface area contributed by atoms with Crippen LogP contribution in [-0.4, -0.2) is 21.9 Å². The molecule has 0 spiro atoms. The largest absolute Gasteiger partial charge is 0.466 e. The lowest BCUT2D eigenvalue weighted by molar-refractivity contribution is 0.0953. The van der Waals surface area contributed by atoms with Crippen LogP contribution in [0.15, 0.2) is 45.9 Å². The Morgan fingerprint density at radius 1 is 1.31 bits per heavy atom. The molecule has 0 unspecified atom stereocenters. The number of benzene rings is 1. The van der Waals surface area contributed by atoms with Gasteiger partial charge in [-0.15, -0.1) is 0 Å². The fraction of sp³-hybridized carbons (Fsp3) is 0.211. The number of hydrazone groups is 1. The first-order valence-electron chi connectivity index (χ1n) is 8.13. The van der Waals surface area contributed by atoms with Gasteiger partial charge in [-0.3, -0.25) is 4.79 Å². The quantitative estimate of drug-likeness (QED) is 0.547. The molecule has 0 aliphatic heterocycles. The summed E-state index contributed by atoms with van der Waals surface area (Å²) in [4.78, 5) is 12.1. The molecule has 0 aliphatic carbocycles. The highest BCUT2D eigenvalue weighted by Gasteiger charge is 2.14. The second-order valence-corrected chi connectivity index (χ2v) is 6.32. The van der Waals surface area contributed by atoms with Crippen molar-refractivity contribution in [1.29, 1.82) is 0 Å². The Kier molecular flexibility index (Phi) is 5.23. The Balaban J connectivity index is 1.72. The Morgan fingerprint density at radius 2 is 2.04 bits per heavy atom. The van der Waals surface area contributed by atoms with Crippen molar-refractivity contribution in [3.8, 4) is 0 Å². The first kappa shape index (κ1) is 17.9. The molecule has 1 N–H and O–H groups in total. The van der Waals surface area contributed by atoms with E-state index in [1.165, 1.54) is 6.21 Å². The van der Waals surface area contributed by atoms with Crippen LogP contribution in [0.3, 0.4) is 0 Å². The zero-order chi connectivity index (χ0) is 18.7. The first-order chi connectivity index (χ1) is 12.5. The summed E-state index contributed by atoms with van der Waals surface area (Å²) < 4.78 is 7.06. The van der Waals surface area contributed by atoms with Crippen LogP contribution in [-0.2, 0) is 6.54 Å². The molecule has 134 valence electrons. The maximum Gasteiger partial charge on any atom is 0.274 e. The van der Waals surface area contributed by atoms with Gasteiger partial charge in [-0.2, -0.15) is 10.2 Å². The minimum absolute atomic E-state index is 0.332. The van der Waals surface area contributed by atoms with Crippen molar-refractivity contribution in [1.82, 2.24) is 15.2 Å². The minimum atomic E-state index is -0.332. The molecule has 2 heterocycles. The molecular weight excluding hydrogens is 352 g/mol. The third kappa shape index (κ3) is 3.86. The van der Waals surface area contributed by atoms with Gasteiger partial charge in [-0.05, 0) is 32.4 Å². The van der Waals surface area contributed by atoms with E-state index in [4.69, 9.17) is 16.0 Å². The van der Waals surface area contributed by atoms with Crippen LogP contribution in [0.5, 0.6) is 0 Å². The lowest BCUT2D eigenvalue weighted by Gasteiger charge is -2.03. The summed E-state index contributed by atoms with van der Waals surface area (Å²) in [5.41, 5.74) is 5.45. The summed E-state index contributed by atoms with van der Waals surface area (Å²) in [5, 5.41) is 8.92. The number of halogens is 1. The standard InChI is InChI=1S/C19H19ClN4O2/c1-12-9-16(14(3)26-12)19(25)22-21-10-17-13(2)23-24(18(17)20)11-15-7-5-4-6-8-15/h4-10H,11H2,1-3H3,(H,22,25)/b21-10-. The fourth-order valence-electron chi connectivity index (χ4n) is 2.65. The van der Waals surface area contributed by atoms with Gasteiger partial charge in [0.15, 0.2) is 0 Å². The van der Waals surface area contributed by atoms with Crippen LogP contribution in [0.2, 0.25) is 5.15 Å². The van der Waals surface area contributed by atoms with Crippen LogP contribution in [0, 0.1) is 20.8 Å². The first-order valence-corrected chi connectivity index (χ1v) is 8.50. The average Bonchev–Trinajstić information content (AvgIpc) is 3.08. The number of nitrogens with zero attached hydrogens (tertiary/aromatic N) is 3. The molecule has 0 saturated carbocycles. The van der Waals surface area contributed by atoms with Gasteiger partial charge in [-0.25, -0.2) is 10.1 Å². The van der Waals surface area contributed by atoms with E-state index in [0.717, 1.165) is 11.3 Å². The van der Waals surface area contributed by atoms with Gasteiger partial charge < -0.3 is 4.42 Å². The second kappa shape index (κ2) is 7.58. The van der Waals surface area contributed by atoms with E-state index in [9.17, 15) is 4.79 Å². The highest BCUT2D eigenvalue weighted by molar-refractivity contribution is 6.32. The molecule has 3 aromatic rings. The van der Waals surface area contributed by atoms with Gasteiger partial charge in [0.2, 0.25) is 0 Å². The molecule has 0 aliphatic rings. The normalized spacial score (nSPS) is 11.2. The molecule has 0 radical (unpaired) electrons. The summed E-state index contributed by atoms with van der Waals surface area (Å²) in [6, 6.07) is 11.6. The number of amides is 1. The van der Waals surface area contributed by atoms with E-state index in [1.54, 1.807) is 24.6 Å². The van der Waals surface area contributed by atoms with E-state index in [0.29, 0.717) is 34.3 Å². The fourth-order valence-corrected chi connectivity index (χ4v) is 2.93. The van der Waals surface area contributed by atoms with Gasteiger partial charge in [0, 0.05) is 0 Å². The smallest absolute Gasteiger partial charge is 0.274 e. The molecule has 7 heteroatoms. The summed E-state index contributed by atoms with van der Waals surface area (Å²) >= 11 is 6.42. The van der Waals surface area contributed by atoms with Crippen LogP contribution < -0.4 is 5.43 Å². The van der Waals surface area contributed by atoms with Gasteiger partial charge in [0.25, 0.3) is 5.91 Å². The van der Waals surface area contributed by atoms with E-state index < -0.39 is 0 Å². The Bertz CT molecular complexity index is 958. The molecule has 1 aromatic carbocycles. The molecule has 26 heavy (non-hydrogen) atoms. The van der Waals surface area contributed by atoms with Crippen molar-refractivity contribution >= 4 is 23.7 Å². The molecule has 3 rings (SSSR count). The molecular formula is C19H19ClN4O2. The zero-order valence-electron chi connectivity index (χ0n) is 14.8. The summed E-state index contributed by atoms with van der Waals surface area (Å²) in [6.45, 7) is 5.94. The number of nitrogens with one attached hydrogen (secondary N) is 1. The molecule has 0 fully saturated rings. The van der Waals surface area contributed by atoms with Gasteiger partial charge in [0.05, 0.1) is 29.6 Å². The van der Waals surface area contributed by atoms with Crippen LogP contribution in [0.1, 0.15) is 38.7 Å². The van der Waals surface area contributed by atoms with Crippen molar-refractivity contribution in [3.05, 3.63) is 75.5 Å². The molecule has 0 bridgehead atoms. The molecule has 1 amide bonds. The topological polar surface area (TPSA) is 72.4 Å². The Morgan fingerprint density at radius 3 is 2.69 bits per heavy atom. The number of hydrogen-bond acceptors (Lipinski definition) is 4. The van der Waals surface area contributed by atoms with E-state index in [1.807, 2.05) is 37.3 Å². The number of aryl methyl sites for hydroxylation is 3. The lowest BCUT2D eigenvalue weighted by atomic mass is 10.2. The maximum absolute atomic E-state index is 12.1. The highest BCUT2D eigenvalue weighted by atomic mass is 35.5. The van der Waals surface area contributed by atoms with E-state index in [2.05, 4.69) is 15.6 Å². The molecule has 2 aromatic heterocycles. The van der Waals surface area contributed by atoms with E-state index >= 15 is 0 Å². The minimum Gasteiger partial charge on any atom is -0.466 e. The zero-order valence-corrected chi connectivity index (χ0v) is 15.5. The van der Waals surface area contributed by atoms with Crippen molar-refractivity contribution in [2.45, 2.75) is 27.3 Å². The summed E-state index contributed by atoms with van der Waals surface area (Å²) in [7, 11) is 0. The summed E-state index contributed by atoms with van der Waals surface area (Å²) in [6.07, 6.45) is 1.51. The summed E-state index contributed by atoms with van der Waals surface area (Å²) in [5.74, 6) is 0.902. The predicted molar refractivity (Wildman–Crippen MR) is 101 cm³/mol. The number of aromatic nitrogens is 2. The van der Waals surface area contributed by atoms with E-state index in [-0.39, 0.29) is 5.91 Å². The number of carbonyl (C=O) groups is 1. The Labute approximate surface area is 156 Å². The average molecular weight is 371 g/mol. The molecule has 0 saturated heterocycles. The van der Waals surface area contributed by atoms with Crippen molar-refractivity contribution in [3.63, 3.8) is 0 Å². The number of hydrogen-bond donors (Lipinski definition) is 1. The highest BCUT2D eigenvalue weighted by Crippen LogP contribution is 2.19. The third-order valence-corrected chi connectivity index (χ3v) is 4.33. The lowest BCUT2D eigenvalue weighted by Crippen LogP contribution is -2.17. The maximum atomic E-state index is 12.1. The van der Waals surface area contributed by atoms with Crippen molar-refractivity contribution in [2.24, 2.45) is 5.10 Å². The van der Waals surface area contributed by atoms with Gasteiger partial charge >= 0.3 is 0 Å². The predicted octanol–water partition coefficient (Wildman–Crippen LogP) is 3.87. The molecule has 0 atom stereocenters. The number of rotatable bonds is 5. The van der Waals surface area contributed by atoms with Gasteiger partial charge in [-0.1, -0.05) is 41.9 Å². The van der Waals surface area contributed by atoms with Crippen LogP contribution in [0.25, 0.3) is 0 Å². The van der Waals surface area contributed by atoms with Crippen molar-refractivity contribution in [2.75, 3.05) is 0 Å². The Hall–Kier alpha value is -2.86. The molecule has 6 nitrogen and oxygen atoms in total. The van der Waals surface area contributed by atoms with Crippen LogP contribution in [0.4, 0.5) is 0 Å². The number of furan rings is 1. The number of carbonyl (C=O) groups excluding carboxylic acids is 1. The van der Waals surface area contributed by atoms with Gasteiger partial charge in [0.1, 0.15) is 16.7 Å². The monoisotopic (exact) mass is 370 g/mol. The SMILES string of the molecule is Cc1cc(C(=O)N/N=C\c2c(C)nn(Cc3ccccc3)c2Cl)c(C)o1. The third-order valence-electron chi connectivity index (χ3n) is 3.93. The van der Waals surface area contributed by atoms with Crippen LogP contribution >= 0.6 is 11.6 Å².